The van der Waals surface area contributed by atoms with Crippen molar-refractivity contribution in [2.45, 2.75) is 58.5 Å². The van der Waals surface area contributed by atoms with Gasteiger partial charge in [-0.1, -0.05) is 44.9 Å². The molecule has 0 aliphatic carbocycles. The number of hydrogen-bond acceptors (Lipinski definition) is 7. The van der Waals surface area contributed by atoms with Crippen molar-refractivity contribution in [3.8, 4) is 11.3 Å². The second-order valence-corrected chi connectivity index (χ2v) is 9.72. The second kappa shape index (κ2) is 13.6. The smallest absolute Gasteiger partial charge is 0.243 e. The third-order valence-electron chi connectivity index (χ3n) is 6.39. The van der Waals surface area contributed by atoms with Gasteiger partial charge in [0, 0.05) is 55.2 Å². The molecule has 4 rings (SSSR count). The van der Waals surface area contributed by atoms with Gasteiger partial charge in [0.25, 0.3) is 0 Å². The van der Waals surface area contributed by atoms with Crippen molar-refractivity contribution >= 4 is 28.3 Å². The lowest BCUT2D eigenvalue weighted by atomic mass is 10.1. The fourth-order valence-corrected chi connectivity index (χ4v) is 4.37. The maximum absolute atomic E-state index is 11.1. The molecule has 0 atom stereocenters. The molecule has 0 fully saturated rings. The first-order valence-electron chi connectivity index (χ1n) is 13.3. The topological polar surface area (TPSA) is 108 Å². The van der Waals surface area contributed by atoms with Gasteiger partial charge in [0.2, 0.25) is 5.91 Å². The van der Waals surface area contributed by atoms with Crippen LogP contribution in [0.5, 0.6) is 0 Å². The van der Waals surface area contributed by atoms with Crippen LogP contribution in [0.2, 0.25) is 0 Å². The number of carbonyl (C=O) groups is 1. The summed E-state index contributed by atoms with van der Waals surface area (Å²) in [5.41, 5.74) is 7.31. The lowest BCUT2D eigenvalue weighted by Gasteiger charge is -2.26. The zero-order valence-corrected chi connectivity index (χ0v) is 22.2. The van der Waals surface area contributed by atoms with E-state index >= 15 is 0 Å². The Bertz CT molecular complexity index is 1310. The molecule has 2 aromatic heterocycles. The molecular weight excluding hydrogens is 478 g/mol. The van der Waals surface area contributed by atoms with E-state index in [0.29, 0.717) is 12.5 Å². The molecule has 3 N–H and O–H groups in total. The summed E-state index contributed by atoms with van der Waals surface area (Å²) in [4.78, 5) is 23.0. The summed E-state index contributed by atoms with van der Waals surface area (Å²) >= 11 is 0. The molecule has 0 aliphatic rings. The number of nitrogens with one attached hydrogen (secondary N) is 2. The number of aromatic nitrogens is 4. The average molecular weight is 516 g/mol. The molecule has 0 bridgehead atoms. The van der Waals surface area contributed by atoms with Crippen LogP contribution in [0.15, 0.2) is 67.1 Å². The lowest BCUT2D eigenvalue weighted by molar-refractivity contribution is -0.129. The Kier molecular flexibility index (Phi) is 9.77. The van der Waals surface area contributed by atoms with Crippen LogP contribution in [0.4, 0.5) is 11.4 Å². The third kappa shape index (κ3) is 7.60. The molecule has 9 heteroatoms. The minimum Gasteiger partial charge on any atom is -0.340 e. The second-order valence-electron chi connectivity index (χ2n) is 9.72. The first-order chi connectivity index (χ1) is 18.5. The zero-order chi connectivity index (χ0) is 26.7. The number of amides is 1. The standard InChI is InChI=1S/C29H37N7O2/c1-22(2)30-15-17-36(24-10-6-5-7-11-24)25-13-14-26-27(18-25)33-28(20-31-26)23-19-32-35(21-23)16-9-4-3-8-12-29(37)34-38/h5-7,10-11,13-14,18-22,30,38H,3-4,8-9,12,15-17H2,1-2H3,(H,34,37). The van der Waals surface area contributed by atoms with Crippen molar-refractivity contribution in [3.05, 3.63) is 67.1 Å². The number of para-hydroxylation sites is 1. The van der Waals surface area contributed by atoms with E-state index in [-0.39, 0.29) is 5.91 Å². The molecule has 0 spiro atoms. The highest BCUT2D eigenvalue weighted by atomic mass is 16.5. The van der Waals surface area contributed by atoms with Gasteiger partial charge in [-0.15, -0.1) is 0 Å². The zero-order valence-electron chi connectivity index (χ0n) is 22.2. The molecule has 4 aromatic rings. The number of nitrogens with zero attached hydrogens (tertiary/aromatic N) is 5. The van der Waals surface area contributed by atoms with Crippen LogP contribution in [-0.4, -0.2) is 50.0 Å². The minimum absolute atomic E-state index is 0.332. The molecule has 0 saturated heterocycles. The summed E-state index contributed by atoms with van der Waals surface area (Å²) < 4.78 is 1.93. The molecule has 9 nitrogen and oxygen atoms in total. The van der Waals surface area contributed by atoms with Gasteiger partial charge in [0.15, 0.2) is 0 Å². The number of unbranched alkanes of at least 4 members (excludes halogenated alkanes) is 3. The molecule has 0 radical (unpaired) electrons. The van der Waals surface area contributed by atoms with Crippen LogP contribution in [0.1, 0.15) is 46.0 Å². The largest absolute Gasteiger partial charge is 0.340 e. The third-order valence-corrected chi connectivity index (χ3v) is 6.39. The monoisotopic (exact) mass is 515 g/mol. The number of rotatable bonds is 14. The van der Waals surface area contributed by atoms with Gasteiger partial charge in [0.1, 0.15) is 0 Å². The maximum atomic E-state index is 11.1. The first-order valence-corrected chi connectivity index (χ1v) is 13.3. The molecule has 0 saturated carbocycles. The summed E-state index contributed by atoms with van der Waals surface area (Å²) in [5, 5.41) is 16.6. The number of carbonyl (C=O) groups excluding carboxylic acids is 1. The van der Waals surface area contributed by atoms with Crippen LogP contribution in [-0.2, 0) is 11.3 Å². The van der Waals surface area contributed by atoms with E-state index in [9.17, 15) is 4.79 Å². The predicted molar refractivity (Wildman–Crippen MR) is 150 cm³/mol. The van der Waals surface area contributed by atoms with Gasteiger partial charge in [-0.05, 0) is 43.2 Å². The molecule has 38 heavy (non-hydrogen) atoms. The highest BCUT2D eigenvalue weighted by Gasteiger charge is 2.12. The predicted octanol–water partition coefficient (Wildman–Crippen LogP) is 5.09. The van der Waals surface area contributed by atoms with E-state index in [1.165, 1.54) is 0 Å². The van der Waals surface area contributed by atoms with E-state index in [4.69, 9.17) is 10.2 Å². The summed E-state index contributed by atoms with van der Waals surface area (Å²) in [6, 6.07) is 17.1. The number of fused-ring (bicyclic) bond motifs is 1. The van der Waals surface area contributed by atoms with Crippen LogP contribution < -0.4 is 15.7 Å². The quantitative estimate of drug-likeness (QED) is 0.122. The SMILES string of the molecule is CC(C)NCCN(c1ccccc1)c1ccc2ncc(-c3cnn(CCCCCCC(=O)NO)c3)nc2c1. The molecule has 2 heterocycles. The van der Waals surface area contributed by atoms with Gasteiger partial charge in [0.05, 0.1) is 29.1 Å². The molecular formula is C29H37N7O2. The molecule has 0 aliphatic heterocycles. The number of anilines is 2. The van der Waals surface area contributed by atoms with Gasteiger partial charge in [-0.2, -0.15) is 5.10 Å². The van der Waals surface area contributed by atoms with Gasteiger partial charge >= 0.3 is 0 Å². The number of benzene rings is 2. The Morgan fingerprint density at radius 2 is 1.82 bits per heavy atom. The lowest BCUT2D eigenvalue weighted by Crippen LogP contribution is -2.32. The number of hydroxylamine groups is 1. The summed E-state index contributed by atoms with van der Waals surface area (Å²) in [5.74, 6) is -0.332. The van der Waals surface area contributed by atoms with Gasteiger partial charge < -0.3 is 10.2 Å². The van der Waals surface area contributed by atoms with Crippen LogP contribution in [0, 0.1) is 0 Å². The Morgan fingerprint density at radius 1 is 1.00 bits per heavy atom. The number of aryl methyl sites for hydroxylation is 1. The van der Waals surface area contributed by atoms with E-state index in [2.05, 4.69) is 70.5 Å². The molecule has 0 unspecified atom stereocenters. The Labute approximate surface area is 223 Å². The highest BCUT2D eigenvalue weighted by molar-refractivity contribution is 5.82. The van der Waals surface area contributed by atoms with Crippen LogP contribution >= 0.6 is 0 Å². The van der Waals surface area contributed by atoms with Gasteiger partial charge in [-0.25, -0.2) is 10.5 Å². The van der Waals surface area contributed by atoms with E-state index in [1.807, 2.05) is 29.2 Å². The van der Waals surface area contributed by atoms with Crippen molar-refractivity contribution in [3.63, 3.8) is 0 Å². The first kappa shape index (κ1) is 27.2. The number of hydrogen-bond donors (Lipinski definition) is 3. The highest BCUT2D eigenvalue weighted by Crippen LogP contribution is 2.28. The summed E-state index contributed by atoms with van der Waals surface area (Å²) in [6.45, 7) is 6.82. The van der Waals surface area contributed by atoms with Crippen molar-refractivity contribution in [2.75, 3.05) is 18.0 Å². The van der Waals surface area contributed by atoms with Crippen molar-refractivity contribution in [2.24, 2.45) is 0 Å². The fraction of sp³-hybridized carbons (Fsp3) is 0.379. The van der Waals surface area contributed by atoms with Crippen molar-refractivity contribution in [1.82, 2.24) is 30.5 Å². The van der Waals surface area contributed by atoms with Crippen LogP contribution in [0.3, 0.4) is 0 Å². The Morgan fingerprint density at radius 3 is 2.61 bits per heavy atom. The molecule has 200 valence electrons. The van der Waals surface area contributed by atoms with E-state index in [0.717, 1.165) is 79.0 Å². The average Bonchev–Trinajstić information content (AvgIpc) is 3.41. The van der Waals surface area contributed by atoms with E-state index < -0.39 is 0 Å². The Balaban J connectivity index is 1.45. The normalized spacial score (nSPS) is 11.3. The molecule has 1 amide bonds. The van der Waals surface area contributed by atoms with Crippen LogP contribution in [0.25, 0.3) is 22.3 Å². The molecule has 2 aromatic carbocycles. The summed E-state index contributed by atoms with van der Waals surface area (Å²) in [6.07, 6.45) is 9.66. The Hall–Kier alpha value is -3.82. The summed E-state index contributed by atoms with van der Waals surface area (Å²) in [7, 11) is 0. The van der Waals surface area contributed by atoms with Crippen molar-refractivity contribution in [1.29, 1.82) is 0 Å². The fourth-order valence-electron chi connectivity index (χ4n) is 4.37. The minimum atomic E-state index is -0.332. The maximum Gasteiger partial charge on any atom is 0.243 e. The van der Waals surface area contributed by atoms with Gasteiger partial charge in [-0.3, -0.25) is 19.7 Å². The van der Waals surface area contributed by atoms with E-state index in [1.54, 1.807) is 11.7 Å². The van der Waals surface area contributed by atoms with Crippen molar-refractivity contribution < 1.29 is 10.0 Å².